The van der Waals surface area contributed by atoms with Gasteiger partial charge in [0.25, 0.3) is 0 Å². The van der Waals surface area contributed by atoms with Gasteiger partial charge in [-0.15, -0.1) is 0 Å². The Morgan fingerprint density at radius 2 is 2.25 bits per heavy atom. The smallest absolute Gasteiger partial charge is 0.248 e. The predicted molar refractivity (Wildman–Crippen MR) is 60.3 cm³/mol. The van der Waals surface area contributed by atoms with Crippen molar-refractivity contribution in [2.45, 2.75) is 6.54 Å². The van der Waals surface area contributed by atoms with Gasteiger partial charge in [-0.25, -0.2) is 4.39 Å². The molecule has 0 unspecified atom stereocenters. The zero-order chi connectivity index (χ0) is 11.5. The first-order chi connectivity index (χ1) is 7.65. The van der Waals surface area contributed by atoms with E-state index in [1.807, 2.05) is 6.07 Å². The van der Waals surface area contributed by atoms with E-state index in [0.717, 1.165) is 5.56 Å². The number of halogens is 2. The molecule has 0 radical (unpaired) electrons. The summed E-state index contributed by atoms with van der Waals surface area (Å²) >= 11 is 3.22. The lowest BCUT2D eigenvalue weighted by molar-refractivity contribution is -0.143. The van der Waals surface area contributed by atoms with Gasteiger partial charge in [0.2, 0.25) is 5.91 Å². The van der Waals surface area contributed by atoms with E-state index in [1.165, 1.54) is 12.1 Å². The Balaban J connectivity index is 2.10. The first-order valence-corrected chi connectivity index (χ1v) is 5.75. The van der Waals surface area contributed by atoms with Gasteiger partial charge in [-0.05, 0) is 23.8 Å². The number of hydrogen-bond acceptors (Lipinski definition) is 2. The van der Waals surface area contributed by atoms with Gasteiger partial charge in [-0.1, -0.05) is 15.9 Å². The number of hydrogen-bond donors (Lipinski definition) is 0. The Bertz CT molecular complexity index is 391. The van der Waals surface area contributed by atoms with Crippen molar-refractivity contribution in [1.29, 1.82) is 0 Å². The van der Waals surface area contributed by atoms with E-state index in [9.17, 15) is 9.18 Å². The van der Waals surface area contributed by atoms with Gasteiger partial charge in [0.05, 0.1) is 6.61 Å². The van der Waals surface area contributed by atoms with Crippen molar-refractivity contribution in [1.82, 2.24) is 4.90 Å². The average molecular weight is 288 g/mol. The van der Waals surface area contributed by atoms with E-state index in [1.54, 1.807) is 4.90 Å². The molecule has 0 N–H and O–H groups in total. The number of morpholine rings is 1. The van der Waals surface area contributed by atoms with Crippen LogP contribution in [0.4, 0.5) is 4.39 Å². The summed E-state index contributed by atoms with van der Waals surface area (Å²) in [5.74, 6) is -0.350. The van der Waals surface area contributed by atoms with Crippen molar-refractivity contribution in [3.8, 4) is 0 Å². The SMILES string of the molecule is O=C1COCCN1Cc1cc(F)cc(Br)c1. The van der Waals surface area contributed by atoms with Crippen LogP contribution in [0.15, 0.2) is 22.7 Å². The molecule has 2 rings (SSSR count). The van der Waals surface area contributed by atoms with Gasteiger partial charge in [-0.2, -0.15) is 0 Å². The highest BCUT2D eigenvalue weighted by molar-refractivity contribution is 9.10. The number of carbonyl (C=O) groups excluding carboxylic acids is 1. The van der Waals surface area contributed by atoms with Gasteiger partial charge >= 0.3 is 0 Å². The molecule has 1 aromatic rings. The Hall–Kier alpha value is -0.940. The maximum Gasteiger partial charge on any atom is 0.248 e. The second kappa shape index (κ2) is 4.93. The van der Waals surface area contributed by atoms with Crippen LogP contribution in [0.25, 0.3) is 0 Å². The van der Waals surface area contributed by atoms with Crippen LogP contribution in [0.2, 0.25) is 0 Å². The molecule has 1 saturated heterocycles. The fourth-order valence-corrected chi connectivity index (χ4v) is 2.15. The number of benzene rings is 1. The molecule has 16 heavy (non-hydrogen) atoms. The Morgan fingerprint density at radius 1 is 1.44 bits per heavy atom. The maximum atomic E-state index is 13.1. The average Bonchev–Trinajstić information content (AvgIpc) is 2.20. The molecular weight excluding hydrogens is 277 g/mol. The molecule has 1 aromatic carbocycles. The lowest BCUT2D eigenvalue weighted by atomic mass is 10.2. The predicted octanol–water partition coefficient (Wildman–Crippen LogP) is 1.95. The molecule has 1 aliphatic rings. The third-order valence-corrected chi connectivity index (χ3v) is 2.84. The van der Waals surface area contributed by atoms with E-state index in [-0.39, 0.29) is 18.3 Å². The lowest BCUT2D eigenvalue weighted by Crippen LogP contribution is -2.40. The van der Waals surface area contributed by atoms with Crippen LogP contribution < -0.4 is 0 Å². The van der Waals surface area contributed by atoms with E-state index in [2.05, 4.69) is 15.9 Å². The molecule has 0 bridgehead atoms. The monoisotopic (exact) mass is 287 g/mol. The summed E-state index contributed by atoms with van der Waals surface area (Å²) in [5, 5.41) is 0. The molecule has 5 heteroatoms. The molecule has 3 nitrogen and oxygen atoms in total. The molecule has 0 aliphatic carbocycles. The molecule has 1 heterocycles. The van der Waals surface area contributed by atoms with Crippen LogP contribution in [-0.2, 0) is 16.1 Å². The molecule has 86 valence electrons. The van der Waals surface area contributed by atoms with Crippen LogP contribution in [0, 0.1) is 5.82 Å². The van der Waals surface area contributed by atoms with Crippen LogP contribution in [0.5, 0.6) is 0 Å². The number of nitrogens with zero attached hydrogens (tertiary/aromatic N) is 1. The second-order valence-electron chi connectivity index (χ2n) is 3.65. The van der Waals surface area contributed by atoms with Crippen molar-refractivity contribution in [2.24, 2.45) is 0 Å². The van der Waals surface area contributed by atoms with Crippen LogP contribution in [0.1, 0.15) is 5.56 Å². The molecule has 0 saturated carbocycles. The molecule has 0 spiro atoms. The standard InChI is InChI=1S/C11H11BrFNO2/c12-9-3-8(4-10(13)5-9)6-14-1-2-16-7-11(14)15/h3-5H,1-2,6-7H2. The van der Waals surface area contributed by atoms with Crippen LogP contribution in [0.3, 0.4) is 0 Å². The zero-order valence-electron chi connectivity index (χ0n) is 8.58. The van der Waals surface area contributed by atoms with E-state index in [4.69, 9.17) is 4.74 Å². The van der Waals surface area contributed by atoms with Gasteiger partial charge in [-0.3, -0.25) is 4.79 Å². The second-order valence-corrected chi connectivity index (χ2v) is 4.56. The molecular formula is C11H11BrFNO2. The van der Waals surface area contributed by atoms with Gasteiger partial charge in [0.15, 0.2) is 0 Å². The minimum Gasteiger partial charge on any atom is -0.370 e. The third-order valence-electron chi connectivity index (χ3n) is 2.38. The Morgan fingerprint density at radius 3 is 2.94 bits per heavy atom. The fourth-order valence-electron chi connectivity index (χ4n) is 1.64. The first kappa shape index (κ1) is 11.5. The summed E-state index contributed by atoms with van der Waals surface area (Å²) in [4.78, 5) is 13.1. The molecule has 1 amide bonds. The van der Waals surface area contributed by atoms with E-state index >= 15 is 0 Å². The molecule has 0 aromatic heterocycles. The summed E-state index contributed by atoms with van der Waals surface area (Å²) < 4.78 is 18.8. The summed E-state index contributed by atoms with van der Waals surface area (Å²) in [5.41, 5.74) is 0.780. The van der Waals surface area contributed by atoms with Gasteiger partial charge in [0, 0.05) is 17.6 Å². The Labute approximate surface area is 101 Å². The van der Waals surface area contributed by atoms with Crippen molar-refractivity contribution in [3.63, 3.8) is 0 Å². The van der Waals surface area contributed by atoms with E-state index < -0.39 is 0 Å². The van der Waals surface area contributed by atoms with Crippen molar-refractivity contribution < 1.29 is 13.9 Å². The number of amides is 1. The summed E-state index contributed by atoms with van der Waals surface area (Å²) in [6.45, 7) is 1.66. The highest BCUT2D eigenvalue weighted by Crippen LogP contribution is 2.17. The van der Waals surface area contributed by atoms with Crippen LogP contribution >= 0.6 is 15.9 Å². The van der Waals surface area contributed by atoms with Gasteiger partial charge in [0.1, 0.15) is 12.4 Å². The Kier molecular flexibility index (Phi) is 3.56. The normalized spacial score (nSPS) is 16.6. The topological polar surface area (TPSA) is 29.5 Å². The minimum atomic E-state index is -0.301. The quantitative estimate of drug-likeness (QED) is 0.832. The zero-order valence-corrected chi connectivity index (χ0v) is 10.2. The number of carbonyl (C=O) groups is 1. The minimum absolute atomic E-state index is 0.0494. The molecule has 1 aliphatic heterocycles. The van der Waals surface area contributed by atoms with Crippen LogP contribution in [-0.4, -0.2) is 30.6 Å². The van der Waals surface area contributed by atoms with Crippen molar-refractivity contribution in [2.75, 3.05) is 19.8 Å². The highest BCUT2D eigenvalue weighted by atomic mass is 79.9. The summed E-state index contributed by atoms with van der Waals surface area (Å²) in [6, 6.07) is 4.64. The molecule has 1 fully saturated rings. The van der Waals surface area contributed by atoms with E-state index in [0.29, 0.717) is 24.2 Å². The van der Waals surface area contributed by atoms with Crippen molar-refractivity contribution in [3.05, 3.63) is 34.1 Å². The lowest BCUT2D eigenvalue weighted by Gasteiger charge is -2.26. The summed E-state index contributed by atoms with van der Waals surface area (Å²) in [6.07, 6.45) is 0. The fraction of sp³-hybridized carbons (Fsp3) is 0.364. The largest absolute Gasteiger partial charge is 0.370 e. The number of ether oxygens (including phenoxy) is 1. The maximum absolute atomic E-state index is 13.1. The number of rotatable bonds is 2. The summed E-state index contributed by atoms with van der Waals surface area (Å²) in [7, 11) is 0. The molecule has 0 atom stereocenters. The first-order valence-electron chi connectivity index (χ1n) is 4.95. The third kappa shape index (κ3) is 2.80. The van der Waals surface area contributed by atoms with Gasteiger partial charge < -0.3 is 9.64 Å². The van der Waals surface area contributed by atoms with Crippen molar-refractivity contribution >= 4 is 21.8 Å². The highest BCUT2D eigenvalue weighted by Gasteiger charge is 2.18.